The highest BCUT2D eigenvalue weighted by atomic mass is 16.5. The van der Waals surface area contributed by atoms with Crippen molar-refractivity contribution in [2.24, 2.45) is 0 Å². The van der Waals surface area contributed by atoms with Crippen LogP contribution >= 0.6 is 0 Å². The monoisotopic (exact) mass is 512 g/mol. The first kappa shape index (κ1) is 25.3. The Hall–Kier alpha value is -4.33. The fourth-order valence-electron chi connectivity index (χ4n) is 4.60. The van der Waals surface area contributed by atoms with Crippen LogP contribution in [0.25, 0.3) is 11.1 Å². The van der Waals surface area contributed by atoms with E-state index in [1.165, 1.54) is 24.9 Å². The molecule has 0 amide bonds. The molecule has 2 heterocycles. The van der Waals surface area contributed by atoms with Crippen LogP contribution < -0.4 is 14.4 Å². The fraction of sp³-hybridized carbons (Fsp3) is 0.300. The third-order valence-corrected chi connectivity index (χ3v) is 6.62. The molecule has 8 nitrogen and oxygen atoms in total. The molecule has 0 radical (unpaired) electrons. The number of ether oxygens (including phenoxy) is 3. The van der Waals surface area contributed by atoms with Crippen LogP contribution in [0.15, 0.2) is 72.8 Å². The molecular weight excluding hydrogens is 480 g/mol. The van der Waals surface area contributed by atoms with Gasteiger partial charge in [-0.2, -0.15) is 0 Å². The summed E-state index contributed by atoms with van der Waals surface area (Å²) in [6.45, 7) is 4.57. The molecule has 0 saturated carbocycles. The van der Waals surface area contributed by atoms with Crippen molar-refractivity contribution in [1.82, 2.24) is 15.0 Å². The topological polar surface area (TPSA) is 78.7 Å². The first-order valence-corrected chi connectivity index (χ1v) is 13.0. The van der Waals surface area contributed by atoms with Crippen LogP contribution in [0, 0.1) is 0 Å². The van der Waals surface area contributed by atoms with Crippen molar-refractivity contribution in [1.29, 1.82) is 0 Å². The lowest BCUT2D eigenvalue weighted by molar-refractivity contribution is 0.0516. The second-order valence-electron chi connectivity index (χ2n) is 9.19. The molecule has 0 bridgehead atoms. The van der Waals surface area contributed by atoms with E-state index < -0.39 is 5.97 Å². The first-order valence-electron chi connectivity index (χ1n) is 13.0. The Bertz CT molecular complexity index is 1360. The number of hydrogen-bond acceptors (Lipinski definition) is 7. The number of carbonyl (C=O) groups is 1. The van der Waals surface area contributed by atoms with Gasteiger partial charge in [0.2, 0.25) is 5.69 Å². The van der Waals surface area contributed by atoms with E-state index in [1.54, 1.807) is 18.7 Å². The Morgan fingerprint density at radius 3 is 2.34 bits per heavy atom. The summed E-state index contributed by atoms with van der Waals surface area (Å²) in [4.78, 5) is 15.0. The molecule has 38 heavy (non-hydrogen) atoms. The van der Waals surface area contributed by atoms with Crippen molar-refractivity contribution in [2.45, 2.75) is 32.7 Å². The Kier molecular flexibility index (Phi) is 7.87. The maximum Gasteiger partial charge on any atom is 0.364 e. The van der Waals surface area contributed by atoms with Gasteiger partial charge in [0.05, 0.1) is 20.3 Å². The van der Waals surface area contributed by atoms with Crippen LogP contribution in [-0.4, -0.2) is 47.8 Å². The van der Waals surface area contributed by atoms with Crippen molar-refractivity contribution in [3.05, 3.63) is 84.1 Å². The van der Waals surface area contributed by atoms with E-state index in [-0.39, 0.29) is 18.2 Å². The van der Waals surface area contributed by atoms with E-state index >= 15 is 0 Å². The van der Waals surface area contributed by atoms with E-state index in [0.29, 0.717) is 12.3 Å². The van der Waals surface area contributed by atoms with E-state index in [1.807, 2.05) is 48.5 Å². The lowest BCUT2D eigenvalue weighted by Crippen LogP contribution is -2.29. The van der Waals surface area contributed by atoms with Crippen molar-refractivity contribution in [2.75, 3.05) is 31.7 Å². The second-order valence-corrected chi connectivity index (χ2v) is 9.19. The molecule has 4 aromatic rings. The lowest BCUT2D eigenvalue weighted by atomic mass is 10.0. The van der Waals surface area contributed by atoms with Gasteiger partial charge in [0.1, 0.15) is 11.5 Å². The van der Waals surface area contributed by atoms with Gasteiger partial charge in [0.25, 0.3) is 5.88 Å². The lowest BCUT2D eigenvalue weighted by Gasteiger charge is -2.29. The minimum absolute atomic E-state index is 0.0404. The van der Waals surface area contributed by atoms with Crippen LogP contribution in [0.1, 0.15) is 42.2 Å². The maximum atomic E-state index is 12.6. The number of rotatable bonds is 9. The van der Waals surface area contributed by atoms with E-state index in [2.05, 4.69) is 39.5 Å². The number of carbonyl (C=O) groups excluding carboxylic acids is 1. The predicted octanol–water partition coefficient (Wildman–Crippen LogP) is 5.96. The number of anilines is 1. The molecule has 0 aliphatic carbocycles. The molecule has 1 aliphatic heterocycles. The van der Waals surface area contributed by atoms with Crippen molar-refractivity contribution < 1.29 is 19.0 Å². The zero-order chi connectivity index (χ0) is 26.3. The average Bonchev–Trinajstić information content (AvgIpc) is 3.36. The molecule has 0 atom stereocenters. The van der Waals surface area contributed by atoms with Crippen molar-refractivity contribution in [3.63, 3.8) is 0 Å². The van der Waals surface area contributed by atoms with E-state index in [9.17, 15) is 4.79 Å². The van der Waals surface area contributed by atoms with Gasteiger partial charge < -0.3 is 19.1 Å². The zero-order valence-corrected chi connectivity index (χ0v) is 21.8. The standard InChI is InChI=1S/C30H32N4O4/c1-3-37-30(35)28-29(34(32-31-28)21-22-10-14-26(36-2)15-11-22)38-27-16-12-23(13-17-27)24-8-7-9-25(20-24)33-18-5-4-6-19-33/h7-17,20H,3-6,18-19,21H2,1-2H3. The summed E-state index contributed by atoms with van der Waals surface area (Å²) in [5.74, 6) is 0.996. The summed E-state index contributed by atoms with van der Waals surface area (Å²) < 4.78 is 18.2. The molecule has 1 fully saturated rings. The summed E-state index contributed by atoms with van der Waals surface area (Å²) in [5.41, 5.74) is 4.50. The predicted molar refractivity (Wildman–Crippen MR) is 146 cm³/mol. The highest BCUT2D eigenvalue weighted by molar-refractivity contribution is 5.89. The minimum atomic E-state index is -0.574. The largest absolute Gasteiger partial charge is 0.497 e. The summed E-state index contributed by atoms with van der Waals surface area (Å²) in [6.07, 6.45) is 3.80. The molecule has 1 aromatic heterocycles. The van der Waals surface area contributed by atoms with Gasteiger partial charge in [0, 0.05) is 18.8 Å². The van der Waals surface area contributed by atoms with Crippen LogP contribution in [0.5, 0.6) is 17.4 Å². The van der Waals surface area contributed by atoms with E-state index in [0.717, 1.165) is 35.5 Å². The average molecular weight is 513 g/mol. The van der Waals surface area contributed by atoms with Crippen LogP contribution in [0.2, 0.25) is 0 Å². The molecular formula is C30H32N4O4. The van der Waals surface area contributed by atoms with Crippen molar-refractivity contribution in [3.8, 4) is 28.5 Å². The zero-order valence-electron chi connectivity index (χ0n) is 21.8. The minimum Gasteiger partial charge on any atom is -0.497 e. The van der Waals surface area contributed by atoms with Gasteiger partial charge in [-0.05, 0) is 79.3 Å². The normalized spacial score (nSPS) is 13.3. The second kappa shape index (κ2) is 11.8. The van der Waals surface area contributed by atoms with Gasteiger partial charge >= 0.3 is 5.97 Å². The van der Waals surface area contributed by atoms with Gasteiger partial charge in [-0.1, -0.05) is 41.6 Å². The van der Waals surface area contributed by atoms with Gasteiger partial charge in [-0.25, -0.2) is 9.48 Å². The quantitative estimate of drug-likeness (QED) is 0.256. The molecule has 1 saturated heterocycles. The number of benzene rings is 3. The molecule has 1 aliphatic rings. The molecule has 0 N–H and O–H groups in total. The summed E-state index contributed by atoms with van der Waals surface area (Å²) in [7, 11) is 1.63. The molecule has 196 valence electrons. The number of aromatic nitrogens is 3. The molecule has 3 aromatic carbocycles. The number of piperidine rings is 1. The maximum absolute atomic E-state index is 12.6. The van der Waals surface area contributed by atoms with Gasteiger partial charge in [0.15, 0.2) is 0 Å². The Labute approximate surface area is 222 Å². The molecule has 5 rings (SSSR count). The first-order chi connectivity index (χ1) is 18.6. The summed E-state index contributed by atoms with van der Waals surface area (Å²) in [6, 6.07) is 24.1. The third-order valence-electron chi connectivity index (χ3n) is 6.62. The SMILES string of the molecule is CCOC(=O)c1nnn(Cc2ccc(OC)cc2)c1Oc1ccc(-c2cccc(N3CCCCC3)c2)cc1. The van der Waals surface area contributed by atoms with Gasteiger partial charge in [-0.3, -0.25) is 0 Å². The smallest absolute Gasteiger partial charge is 0.364 e. The highest BCUT2D eigenvalue weighted by Crippen LogP contribution is 2.30. The van der Waals surface area contributed by atoms with Crippen LogP contribution in [-0.2, 0) is 11.3 Å². The van der Waals surface area contributed by atoms with Gasteiger partial charge in [-0.15, -0.1) is 5.10 Å². The summed E-state index contributed by atoms with van der Waals surface area (Å²) >= 11 is 0. The number of methoxy groups -OCH3 is 1. The Balaban J connectivity index is 1.37. The molecule has 8 heteroatoms. The molecule has 0 spiro atoms. The highest BCUT2D eigenvalue weighted by Gasteiger charge is 2.23. The Morgan fingerprint density at radius 2 is 1.63 bits per heavy atom. The fourth-order valence-corrected chi connectivity index (χ4v) is 4.60. The third kappa shape index (κ3) is 5.80. The number of nitrogens with zero attached hydrogens (tertiary/aromatic N) is 4. The Morgan fingerprint density at radius 1 is 0.895 bits per heavy atom. The summed E-state index contributed by atoms with van der Waals surface area (Å²) in [5, 5.41) is 8.24. The number of esters is 1. The number of hydrogen-bond donors (Lipinski definition) is 0. The van der Waals surface area contributed by atoms with Crippen molar-refractivity contribution >= 4 is 11.7 Å². The molecule has 0 unspecified atom stereocenters. The van der Waals surface area contributed by atoms with Crippen LogP contribution in [0.3, 0.4) is 0 Å². The van der Waals surface area contributed by atoms with Crippen LogP contribution in [0.4, 0.5) is 5.69 Å². The van der Waals surface area contributed by atoms with E-state index in [4.69, 9.17) is 14.2 Å².